The van der Waals surface area contributed by atoms with Crippen LogP contribution >= 0.6 is 34.9 Å². The number of cyclic esters (lactones) is 1. The van der Waals surface area contributed by atoms with Crippen molar-refractivity contribution in [3.63, 3.8) is 0 Å². The highest BCUT2D eigenvalue weighted by Gasteiger charge is 2.41. The van der Waals surface area contributed by atoms with E-state index in [0.717, 1.165) is 19.3 Å². The normalized spacial score (nSPS) is 22.8. The molecule has 1 aromatic carbocycles. The standard InChI is InChI=1S/C32H40N4O5S3/c1-3-4-5-6-10-16-27(38)42-17-12-11-15-23-18-25(37)33-19-26-34-24(20-43-26)29-36-32(2,21-44-29)31(40)35-28(30(39)41-23)22-13-8-7-9-14-22/h7-9,11,13-15,20,23,28H,3-6,10,12,16-19,21H2,1-2H3,(H,33,37)(H,35,40)/b15-11+/t23-,28+,32+/m1/s1. The van der Waals surface area contributed by atoms with Gasteiger partial charge in [-0.25, -0.2) is 9.78 Å². The topological polar surface area (TPSA) is 127 Å². The molecular weight excluding hydrogens is 617 g/mol. The van der Waals surface area contributed by atoms with Crippen LogP contribution in [0.4, 0.5) is 0 Å². The second-order valence-corrected chi connectivity index (χ2v) is 14.0. The minimum atomic E-state index is -1.09. The van der Waals surface area contributed by atoms with E-state index in [1.165, 1.54) is 47.7 Å². The van der Waals surface area contributed by atoms with E-state index >= 15 is 0 Å². The Hall–Kier alpha value is -2.96. The fourth-order valence-electron chi connectivity index (χ4n) is 4.67. The monoisotopic (exact) mass is 656 g/mol. The van der Waals surface area contributed by atoms with Crippen molar-refractivity contribution in [2.45, 2.75) is 89.4 Å². The molecular formula is C32H40N4O5S3. The van der Waals surface area contributed by atoms with E-state index in [4.69, 9.17) is 9.73 Å². The fourth-order valence-corrected chi connectivity index (χ4v) is 7.37. The molecule has 4 bridgehead atoms. The van der Waals surface area contributed by atoms with Crippen molar-refractivity contribution in [3.8, 4) is 0 Å². The largest absolute Gasteiger partial charge is 0.456 e. The SMILES string of the molecule is CCCCCCCC(=O)SCC/C=C/[C@@H]1CC(=O)NCc2nc(cs2)C2=N[C@@](C)(CS2)C(=O)N[C@@H](c2ccccc2)C(=O)O1. The lowest BCUT2D eigenvalue weighted by atomic mass is 10.0. The van der Waals surface area contributed by atoms with Gasteiger partial charge in [0, 0.05) is 23.3 Å². The van der Waals surface area contributed by atoms with Crippen molar-refractivity contribution in [2.24, 2.45) is 4.99 Å². The van der Waals surface area contributed by atoms with Gasteiger partial charge < -0.3 is 15.4 Å². The molecule has 0 aliphatic carbocycles. The number of aromatic nitrogens is 1. The summed E-state index contributed by atoms with van der Waals surface area (Å²) >= 11 is 4.15. The molecule has 0 fully saturated rings. The van der Waals surface area contributed by atoms with Crippen molar-refractivity contribution in [2.75, 3.05) is 11.5 Å². The molecule has 2 N–H and O–H groups in total. The van der Waals surface area contributed by atoms with E-state index in [1.54, 1.807) is 37.3 Å². The molecule has 0 unspecified atom stereocenters. The van der Waals surface area contributed by atoms with Crippen molar-refractivity contribution >= 4 is 62.8 Å². The highest BCUT2D eigenvalue weighted by molar-refractivity contribution is 8.14. The predicted molar refractivity (Wildman–Crippen MR) is 178 cm³/mol. The molecule has 3 atom stereocenters. The van der Waals surface area contributed by atoms with Gasteiger partial charge in [-0.2, -0.15) is 0 Å². The summed E-state index contributed by atoms with van der Waals surface area (Å²) in [6.45, 7) is 4.14. The Morgan fingerprint density at radius 2 is 1.95 bits per heavy atom. The molecule has 44 heavy (non-hydrogen) atoms. The molecule has 0 spiro atoms. The van der Waals surface area contributed by atoms with Crippen LogP contribution in [-0.4, -0.2) is 56.1 Å². The number of nitrogens with one attached hydrogen (secondary N) is 2. The molecule has 2 amide bonds. The Labute approximate surface area is 271 Å². The number of esters is 1. The quantitative estimate of drug-likeness (QED) is 0.178. The average Bonchev–Trinajstić information content (AvgIpc) is 3.66. The van der Waals surface area contributed by atoms with Gasteiger partial charge in [-0.3, -0.25) is 19.4 Å². The van der Waals surface area contributed by atoms with Crippen LogP contribution in [0.1, 0.15) is 87.5 Å². The van der Waals surface area contributed by atoms with Crippen LogP contribution in [0.3, 0.4) is 0 Å². The number of carbonyl (C=O) groups excluding carboxylic acids is 4. The first-order valence-corrected chi connectivity index (χ1v) is 18.0. The second kappa shape index (κ2) is 16.9. The zero-order valence-corrected chi connectivity index (χ0v) is 27.7. The number of hydrogen-bond donors (Lipinski definition) is 2. The van der Waals surface area contributed by atoms with Crippen molar-refractivity contribution in [1.82, 2.24) is 15.6 Å². The van der Waals surface area contributed by atoms with E-state index in [-0.39, 0.29) is 24.0 Å². The molecule has 12 heteroatoms. The van der Waals surface area contributed by atoms with Crippen LogP contribution in [-0.2, 0) is 30.5 Å². The van der Waals surface area contributed by atoms with Crippen LogP contribution in [0.25, 0.3) is 0 Å². The molecule has 0 saturated carbocycles. The molecule has 3 heterocycles. The summed E-state index contributed by atoms with van der Waals surface area (Å²) in [7, 11) is 0. The van der Waals surface area contributed by atoms with E-state index in [2.05, 4.69) is 22.5 Å². The van der Waals surface area contributed by atoms with Gasteiger partial charge >= 0.3 is 5.97 Å². The Balaban J connectivity index is 1.47. The maximum Gasteiger partial charge on any atom is 0.333 e. The summed E-state index contributed by atoms with van der Waals surface area (Å²) in [4.78, 5) is 61.6. The first-order valence-electron chi connectivity index (χ1n) is 15.1. The number of thiazole rings is 1. The number of carbonyl (C=O) groups is 4. The van der Waals surface area contributed by atoms with Crippen LogP contribution in [0.2, 0.25) is 0 Å². The first-order chi connectivity index (χ1) is 21.3. The molecule has 2 aromatic rings. The number of thioether (sulfide) groups is 2. The third-order valence-electron chi connectivity index (χ3n) is 7.22. The number of nitrogens with zero attached hydrogens (tertiary/aromatic N) is 2. The van der Waals surface area contributed by atoms with Gasteiger partial charge in [0.15, 0.2) is 11.2 Å². The maximum atomic E-state index is 13.6. The number of allylic oxidation sites excluding steroid dienone is 1. The number of aliphatic imine (C=N–C) groups is 1. The number of rotatable bonds is 11. The summed E-state index contributed by atoms with van der Waals surface area (Å²) in [6, 6.07) is 7.80. The predicted octanol–water partition coefficient (Wildman–Crippen LogP) is 5.75. The third kappa shape index (κ3) is 10.0. The average molecular weight is 657 g/mol. The van der Waals surface area contributed by atoms with Crippen molar-refractivity contribution in [3.05, 3.63) is 64.1 Å². The molecule has 0 saturated heterocycles. The number of fused-ring (bicyclic) bond motifs is 4. The minimum Gasteiger partial charge on any atom is -0.456 e. The zero-order valence-electron chi connectivity index (χ0n) is 25.2. The number of hydrogen-bond acceptors (Lipinski definition) is 10. The summed E-state index contributed by atoms with van der Waals surface area (Å²) in [5, 5.41) is 9.15. The van der Waals surface area contributed by atoms with Crippen LogP contribution < -0.4 is 10.6 Å². The molecule has 2 aliphatic rings. The van der Waals surface area contributed by atoms with Gasteiger partial charge in [0.25, 0.3) is 0 Å². The smallest absolute Gasteiger partial charge is 0.333 e. The van der Waals surface area contributed by atoms with E-state index in [1.807, 2.05) is 17.5 Å². The number of benzene rings is 1. The lowest BCUT2D eigenvalue weighted by Crippen LogP contribution is -2.47. The number of ether oxygens (including phenoxy) is 1. The highest BCUT2D eigenvalue weighted by Crippen LogP contribution is 2.32. The molecule has 9 nitrogen and oxygen atoms in total. The molecule has 2 aliphatic heterocycles. The van der Waals surface area contributed by atoms with Gasteiger partial charge in [0.1, 0.15) is 27.4 Å². The van der Waals surface area contributed by atoms with Crippen molar-refractivity contribution < 1.29 is 23.9 Å². The lowest BCUT2D eigenvalue weighted by molar-refractivity contribution is -0.152. The van der Waals surface area contributed by atoms with Gasteiger partial charge in [0.05, 0.1) is 13.0 Å². The molecule has 1 aromatic heterocycles. The van der Waals surface area contributed by atoms with Gasteiger partial charge in [-0.05, 0) is 31.4 Å². The maximum absolute atomic E-state index is 13.6. The van der Waals surface area contributed by atoms with Crippen LogP contribution in [0.5, 0.6) is 0 Å². The van der Waals surface area contributed by atoms with Gasteiger partial charge in [-0.1, -0.05) is 80.8 Å². The molecule has 236 valence electrons. The van der Waals surface area contributed by atoms with E-state index in [0.29, 0.717) is 45.7 Å². The van der Waals surface area contributed by atoms with Gasteiger partial charge in [0.2, 0.25) is 11.8 Å². The van der Waals surface area contributed by atoms with E-state index < -0.39 is 29.6 Å². The zero-order chi connectivity index (χ0) is 31.4. The third-order valence-corrected chi connectivity index (χ3v) is 10.3. The van der Waals surface area contributed by atoms with Crippen molar-refractivity contribution in [1.29, 1.82) is 0 Å². The Bertz CT molecular complexity index is 1360. The van der Waals surface area contributed by atoms with Crippen LogP contribution in [0, 0.1) is 0 Å². The van der Waals surface area contributed by atoms with Gasteiger partial charge in [-0.15, -0.1) is 23.1 Å². The second-order valence-electron chi connectivity index (χ2n) is 11.0. The first kappa shape index (κ1) is 33.9. The Morgan fingerprint density at radius 1 is 1.16 bits per heavy atom. The molecule has 0 radical (unpaired) electrons. The summed E-state index contributed by atoms with van der Waals surface area (Å²) in [5.41, 5.74) is 0.138. The Morgan fingerprint density at radius 3 is 2.75 bits per heavy atom. The number of unbranched alkanes of at least 4 members (excludes halogenated alkanes) is 4. The highest BCUT2D eigenvalue weighted by atomic mass is 32.2. The Kier molecular flexibility index (Phi) is 13.1. The summed E-state index contributed by atoms with van der Waals surface area (Å²) in [5.74, 6) is -0.368. The summed E-state index contributed by atoms with van der Waals surface area (Å²) in [6.07, 6.45) is 9.26. The number of amides is 2. The fraction of sp³-hybridized carbons (Fsp3) is 0.500. The minimum absolute atomic E-state index is 0.0972. The van der Waals surface area contributed by atoms with E-state index in [9.17, 15) is 19.2 Å². The molecule has 4 rings (SSSR count). The van der Waals surface area contributed by atoms with Crippen LogP contribution in [0.15, 0.2) is 52.9 Å². The summed E-state index contributed by atoms with van der Waals surface area (Å²) < 4.78 is 5.86. The lowest BCUT2D eigenvalue weighted by Gasteiger charge is -2.25.